The fourth-order valence-corrected chi connectivity index (χ4v) is 1.34. The zero-order chi connectivity index (χ0) is 10.2. The van der Waals surface area contributed by atoms with Crippen molar-refractivity contribution in [3.8, 4) is 17.6 Å². The molecule has 0 unspecified atom stereocenters. The molecular weight excluding hydrogens is 240 g/mol. The Balaban J connectivity index is 2.68. The molecule has 0 N–H and O–H groups in total. The van der Waals surface area contributed by atoms with Gasteiger partial charge in [-0.2, -0.15) is 0 Å². The molecule has 0 heterocycles. The lowest BCUT2D eigenvalue weighted by molar-refractivity contribution is 0.413. The second kappa shape index (κ2) is 6.50. The number of methoxy groups -OCH3 is 1. The number of rotatable bonds is 3. The van der Waals surface area contributed by atoms with Gasteiger partial charge in [0, 0.05) is 11.8 Å². The van der Waals surface area contributed by atoms with Crippen molar-refractivity contribution in [3.05, 3.63) is 29.8 Å². The van der Waals surface area contributed by atoms with Gasteiger partial charge in [-0.05, 0) is 18.6 Å². The molecule has 1 aromatic rings. The lowest BCUT2D eigenvalue weighted by Gasteiger charge is -2.00. The quantitative estimate of drug-likeness (QED) is 0.456. The molecule has 0 radical (unpaired) electrons. The van der Waals surface area contributed by atoms with Crippen LogP contribution in [-0.2, 0) is 0 Å². The maximum absolute atomic E-state index is 5.19. The van der Waals surface area contributed by atoms with Crippen molar-refractivity contribution in [1.82, 2.24) is 0 Å². The summed E-state index contributed by atoms with van der Waals surface area (Å²) in [6.07, 6.45) is 2.01. The van der Waals surface area contributed by atoms with Crippen molar-refractivity contribution >= 4 is 15.9 Å². The highest BCUT2D eigenvalue weighted by atomic mass is 79.9. The molecule has 0 aliphatic carbocycles. The number of hydrogen-bond donors (Lipinski definition) is 0. The normalized spacial score (nSPS) is 9.00. The molecule has 0 spiro atoms. The van der Waals surface area contributed by atoms with Crippen molar-refractivity contribution < 1.29 is 4.74 Å². The van der Waals surface area contributed by atoms with Crippen LogP contribution in [0.5, 0.6) is 5.75 Å². The number of benzene rings is 1. The monoisotopic (exact) mass is 252 g/mol. The van der Waals surface area contributed by atoms with Gasteiger partial charge in [0.2, 0.25) is 0 Å². The van der Waals surface area contributed by atoms with E-state index in [2.05, 4.69) is 27.8 Å². The SMILES string of the molecule is COc1ccccc1C#CCCCBr. The number of ether oxygens (including phenoxy) is 1. The molecule has 2 heteroatoms. The minimum atomic E-state index is 0.846. The largest absolute Gasteiger partial charge is 0.495 e. The smallest absolute Gasteiger partial charge is 0.134 e. The van der Waals surface area contributed by atoms with Gasteiger partial charge in [-0.1, -0.05) is 39.9 Å². The highest BCUT2D eigenvalue weighted by Crippen LogP contribution is 2.15. The molecular formula is C12H13BrO. The zero-order valence-corrected chi connectivity index (χ0v) is 9.80. The van der Waals surface area contributed by atoms with E-state index < -0.39 is 0 Å². The number of unbranched alkanes of at least 4 members (excludes halogenated alkanes) is 1. The summed E-state index contributed by atoms with van der Waals surface area (Å²) in [7, 11) is 1.67. The van der Waals surface area contributed by atoms with E-state index in [0.29, 0.717) is 0 Å². The predicted molar refractivity (Wildman–Crippen MR) is 62.9 cm³/mol. The molecule has 14 heavy (non-hydrogen) atoms. The third-order valence-corrected chi connectivity index (χ3v) is 2.33. The molecule has 0 saturated carbocycles. The Morgan fingerprint density at radius 1 is 1.36 bits per heavy atom. The van der Waals surface area contributed by atoms with Gasteiger partial charge >= 0.3 is 0 Å². The van der Waals surface area contributed by atoms with E-state index in [4.69, 9.17) is 4.74 Å². The maximum atomic E-state index is 5.19. The fraction of sp³-hybridized carbons (Fsp3) is 0.333. The first-order valence-electron chi connectivity index (χ1n) is 4.56. The van der Waals surface area contributed by atoms with Crippen LogP contribution in [0.15, 0.2) is 24.3 Å². The van der Waals surface area contributed by atoms with E-state index >= 15 is 0 Å². The first-order chi connectivity index (χ1) is 6.88. The van der Waals surface area contributed by atoms with Crippen molar-refractivity contribution in [2.75, 3.05) is 12.4 Å². The van der Waals surface area contributed by atoms with Gasteiger partial charge in [0.15, 0.2) is 0 Å². The van der Waals surface area contributed by atoms with Crippen molar-refractivity contribution in [1.29, 1.82) is 0 Å². The van der Waals surface area contributed by atoms with Crippen LogP contribution in [0.25, 0.3) is 0 Å². The van der Waals surface area contributed by atoms with E-state index in [9.17, 15) is 0 Å². The second-order valence-corrected chi connectivity index (χ2v) is 3.59. The van der Waals surface area contributed by atoms with Crippen LogP contribution in [-0.4, -0.2) is 12.4 Å². The van der Waals surface area contributed by atoms with Gasteiger partial charge in [0.05, 0.1) is 12.7 Å². The minimum absolute atomic E-state index is 0.846. The highest BCUT2D eigenvalue weighted by Gasteiger charge is 1.95. The lowest BCUT2D eigenvalue weighted by Crippen LogP contribution is -1.86. The van der Waals surface area contributed by atoms with Crippen molar-refractivity contribution in [2.45, 2.75) is 12.8 Å². The molecule has 1 aromatic carbocycles. The fourth-order valence-electron chi connectivity index (χ4n) is 1.06. The summed E-state index contributed by atoms with van der Waals surface area (Å²) in [6, 6.07) is 7.81. The van der Waals surface area contributed by atoms with E-state index in [-0.39, 0.29) is 0 Å². The lowest BCUT2D eigenvalue weighted by atomic mass is 10.2. The third-order valence-electron chi connectivity index (χ3n) is 1.77. The average Bonchev–Trinajstić information content (AvgIpc) is 2.25. The van der Waals surface area contributed by atoms with Crippen molar-refractivity contribution in [3.63, 3.8) is 0 Å². The number of halogens is 1. The average molecular weight is 253 g/mol. The Morgan fingerprint density at radius 2 is 2.14 bits per heavy atom. The summed E-state index contributed by atoms with van der Waals surface area (Å²) >= 11 is 3.37. The summed E-state index contributed by atoms with van der Waals surface area (Å²) in [5.41, 5.74) is 0.963. The van der Waals surface area contributed by atoms with E-state index in [1.165, 1.54) is 0 Å². The Bertz CT molecular complexity index is 336. The Hall–Kier alpha value is -0.940. The van der Waals surface area contributed by atoms with Crippen molar-refractivity contribution in [2.24, 2.45) is 0 Å². The van der Waals surface area contributed by atoms with E-state index in [0.717, 1.165) is 29.5 Å². The van der Waals surface area contributed by atoms with Gasteiger partial charge in [0.25, 0.3) is 0 Å². The number of alkyl halides is 1. The van der Waals surface area contributed by atoms with Gasteiger partial charge < -0.3 is 4.74 Å². The van der Waals surface area contributed by atoms with Gasteiger partial charge in [-0.15, -0.1) is 0 Å². The van der Waals surface area contributed by atoms with E-state index in [1.54, 1.807) is 7.11 Å². The summed E-state index contributed by atoms with van der Waals surface area (Å²) in [5, 5.41) is 1.01. The van der Waals surface area contributed by atoms with Crippen LogP contribution in [0.3, 0.4) is 0 Å². The number of hydrogen-bond acceptors (Lipinski definition) is 1. The Morgan fingerprint density at radius 3 is 2.86 bits per heavy atom. The predicted octanol–water partition coefficient (Wildman–Crippen LogP) is 3.22. The third kappa shape index (κ3) is 3.43. The molecule has 0 saturated heterocycles. The number of para-hydroxylation sites is 1. The molecule has 0 fully saturated rings. The molecule has 0 aliphatic heterocycles. The minimum Gasteiger partial charge on any atom is -0.495 e. The van der Waals surface area contributed by atoms with Gasteiger partial charge in [0.1, 0.15) is 5.75 Å². The Kier molecular flexibility index (Phi) is 5.17. The summed E-state index contributed by atoms with van der Waals surface area (Å²) in [5.74, 6) is 7.07. The maximum Gasteiger partial charge on any atom is 0.134 e. The summed E-state index contributed by atoms with van der Waals surface area (Å²) in [4.78, 5) is 0. The van der Waals surface area contributed by atoms with Gasteiger partial charge in [-0.3, -0.25) is 0 Å². The van der Waals surface area contributed by atoms with Crippen LogP contribution in [0.1, 0.15) is 18.4 Å². The van der Waals surface area contributed by atoms with Crippen LogP contribution in [0.2, 0.25) is 0 Å². The summed E-state index contributed by atoms with van der Waals surface area (Å²) < 4.78 is 5.19. The van der Waals surface area contributed by atoms with Crippen LogP contribution < -0.4 is 4.74 Å². The molecule has 1 rings (SSSR count). The molecule has 0 aromatic heterocycles. The van der Waals surface area contributed by atoms with Gasteiger partial charge in [-0.25, -0.2) is 0 Å². The van der Waals surface area contributed by atoms with Crippen LogP contribution in [0.4, 0.5) is 0 Å². The second-order valence-electron chi connectivity index (χ2n) is 2.79. The standard InChI is InChI=1S/C12H13BrO/c1-14-12-9-5-4-8-11(12)7-3-2-6-10-13/h4-5,8-9H,2,6,10H2,1H3. The first kappa shape index (κ1) is 11.1. The first-order valence-corrected chi connectivity index (χ1v) is 5.68. The zero-order valence-electron chi connectivity index (χ0n) is 8.22. The van der Waals surface area contributed by atoms with E-state index in [1.807, 2.05) is 24.3 Å². The topological polar surface area (TPSA) is 9.23 Å². The molecule has 0 aliphatic rings. The Labute approximate surface area is 93.6 Å². The van der Waals surface area contributed by atoms with Crippen LogP contribution in [0, 0.1) is 11.8 Å². The molecule has 0 bridgehead atoms. The molecule has 1 nitrogen and oxygen atoms in total. The molecule has 0 atom stereocenters. The summed E-state index contributed by atoms with van der Waals surface area (Å²) in [6.45, 7) is 0. The molecule has 0 amide bonds. The van der Waals surface area contributed by atoms with Crippen LogP contribution >= 0.6 is 15.9 Å². The molecule has 74 valence electrons. The highest BCUT2D eigenvalue weighted by molar-refractivity contribution is 9.09.